The van der Waals surface area contributed by atoms with Gasteiger partial charge >= 0.3 is 0 Å². The smallest absolute Gasteiger partial charge is 0.0507 e. The molecular formula is C8H19N3O. The Balaban J connectivity index is 3.79. The maximum Gasteiger partial charge on any atom is 0.0507 e. The van der Waals surface area contributed by atoms with E-state index in [0.717, 1.165) is 19.3 Å². The normalized spacial score (nSPS) is 16.6. The number of rotatable bonds is 6. The van der Waals surface area contributed by atoms with Crippen LogP contribution in [-0.4, -0.2) is 24.5 Å². The van der Waals surface area contributed by atoms with Gasteiger partial charge in [-0.3, -0.25) is 0 Å². The quantitative estimate of drug-likeness (QED) is 0.237. The standard InChI is InChI=1S/C8H19N3O/c1-8(6-10,7-11-12)4-2-3-5-9/h7,12H,2-6,9-10H2,1H3. The summed E-state index contributed by atoms with van der Waals surface area (Å²) in [5.74, 6) is 0. The maximum atomic E-state index is 8.38. The summed E-state index contributed by atoms with van der Waals surface area (Å²) in [4.78, 5) is 0. The summed E-state index contributed by atoms with van der Waals surface area (Å²) in [5, 5.41) is 11.4. The SMILES string of the molecule is CC(C=NO)(CN)CCCCN. The lowest BCUT2D eigenvalue weighted by Crippen LogP contribution is -2.28. The first-order valence-electron chi connectivity index (χ1n) is 4.27. The van der Waals surface area contributed by atoms with Gasteiger partial charge in [0.05, 0.1) is 6.21 Å². The predicted molar refractivity (Wildman–Crippen MR) is 50.3 cm³/mol. The molecule has 4 heteroatoms. The molecule has 1 unspecified atom stereocenters. The van der Waals surface area contributed by atoms with Crippen molar-refractivity contribution in [3.05, 3.63) is 0 Å². The molecule has 0 aliphatic heterocycles. The molecule has 0 aromatic rings. The third-order valence-electron chi connectivity index (χ3n) is 2.04. The first-order chi connectivity index (χ1) is 5.68. The molecule has 0 aliphatic carbocycles. The van der Waals surface area contributed by atoms with E-state index in [0.29, 0.717) is 13.1 Å². The summed E-state index contributed by atoms with van der Waals surface area (Å²) >= 11 is 0. The van der Waals surface area contributed by atoms with Crippen molar-refractivity contribution >= 4 is 6.21 Å². The first-order valence-corrected chi connectivity index (χ1v) is 4.27. The van der Waals surface area contributed by atoms with E-state index >= 15 is 0 Å². The third-order valence-corrected chi connectivity index (χ3v) is 2.04. The molecule has 0 fully saturated rings. The van der Waals surface area contributed by atoms with E-state index in [1.54, 1.807) is 0 Å². The number of nitrogens with zero attached hydrogens (tertiary/aromatic N) is 1. The van der Waals surface area contributed by atoms with Crippen molar-refractivity contribution in [3.8, 4) is 0 Å². The number of hydrogen-bond donors (Lipinski definition) is 3. The first kappa shape index (κ1) is 11.4. The monoisotopic (exact) mass is 173 g/mol. The highest BCUT2D eigenvalue weighted by molar-refractivity contribution is 5.64. The fraction of sp³-hybridized carbons (Fsp3) is 0.875. The van der Waals surface area contributed by atoms with Gasteiger partial charge in [-0.05, 0) is 19.4 Å². The molecule has 0 aromatic carbocycles. The predicted octanol–water partition coefficient (Wildman–Crippen LogP) is 0.540. The molecule has 0 aliphatic rings. The summed E-state index contributed by atoms with van der Waals surface area (Å²) in [6.07, 6.45) is 4.44. The van der Waals surface area contributed by atoms with Gasteiger partial charge in [0.2, 0.25) is 0 Å². The molecule has 0 saturated heterocycles. The van der Waals surface area contributed by atoms with E-state index in [1.165, 1.54) is 6.21 Å². The van der Waals surface area contributed by atoms with E-state index < -0.39 is 0 Å². The Hall–Kier alpha value is -0.610. The van der Waals surface area contributed by atoms with E-state index in [2.05, 4.69) is 5.16 Å². The summed E-state index contributed by atoms with van der Waals surface area (Å²) in [6, 6.07) is 0. The second-order valence-electron chi connectivity index (χ2n) is 3.35. The number of hydrogen-bond acceptors (Lipinski definition) is 4. The second-order valence-corrected chi connectivity index (χ2v) is 3.35. The van der Waals surface area contributed by atoms with Crippen molar-refractivity contribution in [3.63, 3.8) is 0 Å². The molecule has 0 aromatic heterocycles. The molecule has 0 saturated carbocycles. The van der Waals surface area contributed by atoms with Crippen LogP contribution in [0.3, 0.4) is 0 Å². The summed E-state index contributed by atoms with van der Waals surface area (Å²) in [7, 11) is 0. The average molecular weight is 173 g/mol. The minimum Gasteiger partial charge on any atom is -0.411 e. The molecule has 0 bridgehead atoms. The zero-order valence-corrected chi connectivity index (χ0v) is 7.66. The molecular weight excluding hydrogens is 154 g/mol. The van der Waals surface area contributed by atoms with Crippen LogP contribution in [0.15, 0.2) is 5.16 Å². The lowest BCUT2D eigenvalue weighted by atomic mass is 9.86. The average Bonchev–Trinajstić information content (AvgIpc) is 2.06. The highest BCUT2D eigenvalue weighted by atomic mass is 16.4. The lowest BCUT2D eigenvalue weighted by molar-refractivity contribution is 0.308. The van der Waals surface area contributed by atoms with E-state index in [4.69, 9.17) is 16.7 Å². The summed E-state index contributed by atoms with van der Waals surface area (Å²) in [5.41, 5.74) is 10.7. The van der Waals surface area contributed by atoms with Crippen LogP contribution < -0.4 is 11.5 Å². The van der Waals surface area contributed by atoms with Crippen molar-refractivity contribution in [2.24, 2.45) is 22.0 Å². The summed E-state index contributed by atoms with van der Waals surface area (Å²) in [6.45, 7) is 3.18. The molecule has 72 valence electrons. The molecule has 0 rings (SSSR count). The van der Waals surface area contributed by atoms with Gasteiger partial charge in [0.25, 0.3) is 0 Å². The van der Waals surface area contributed by atoms with Gasteiger partial charge in [0.15, 0.2) is 0 Å². The minimum atomic E-state index is -0.177. The van der Waals surface area contributed by atoms with Crippen LogP contribution in [0.5, 0.6) is 0 Å². The highest BCUT2D eigenvalue weighted by Gasteiger charge is 2.19. The van der Waals surface area contributed by atoms with Crippen LogP contribution in [0, 0.1) is 5.41 Å². The zero-order valence-electron chi connectivity index (χ0n) is 7.66. The summed E-state index contributed by atoms with van der Waals surface area (Å²) < 4.78 is 0. The van der Waals surface area contributed by atoms with Crippen molar-refractivity contribution in [2.45, 2.75) is 26.2 Å². The van der Waals surface area contributed by atoms with Crippen LogP contribution in [0.25, 0.3) is 0 Å². The van der Waals surface area contributed by atoms with Gasteiger partial charge in [0.1, 0.15) is 0 Å². The minimum absolute atomic E-state index is 0.177. The Labute approximate surface area is 73.6 Å². The van der Waals surface area contributed by atoms with E-state index in [-0.39, 0.29) is 5.41 Å². The molecule has 12 heavy (non-hydrogen) atoms. The Bertz CT molecular complexity index is 138. The topological polar surface area (TPSA) is 84.6 Å². The van der Waals surface area contributed by atoms with Gasteiger partial charge in [-0.1, -0.05) is 13.3 Å². The van der Waals surface area contributed by atoms with Crippen molar-refractivity contribution in [2.75, 3.05) is 13.1 Å². The molecule has 0 amide bonds. The fourth-order valence-electron chi connectivity index (χ4n) is 1.03. The zero-order chi connectivity index (χ0) is 9.45. The molecule has 0 heterocycles. The van der Waals surface area contributed by atoms with Crippen molar-refractivity contribution in [1.29, 1.82) is 0 Å². The fourth-order valence-corrected chi connectivity index (χ4v) is 1.03. The van der Waals surface area contributed by atoms with Crippen LogP contribution in [-0.2, 0) is 0 Å². The van der Waals surface area contributed by atoms with Gasteiger partial charge in [0, 0.05) is 12.0 Å². The number of oxime groups is 1. The molecule has 0 radical (unpaired) electrons. The molecule has 4 nitrogen and oxygen atoms in total. The maximum absolute atomic E-state index is 8.38. The van der Waals surface area contributed by atoms with Crippen LogP contribution in [0.1, 0.15) is 26.2 Å². The Morgan fingerprint density at radius 1 is 1.42 bits per heavy atom. The van der Waals surface area contributed by atoms with Crippen molar-refractivity contribution in [1.82, 2.24) is 0 Å². The Morgan fingerprint density at radius 2 is 2.08 bits per heavy atom. The van der Waals surface area contributed by atoms with Crippen LogP contribution in [0.2, 0.25) is 0 Å². The number of nitrogens with two attached hydrogens (primary N) is 2. The lowest BCUT2D eigenvalue weighted by Gasteiger charge is -2.21. The Kier molecular flexibility index (Phi) is 5.66. The number of unbranched alkanes of at least 4 members (excludes halogenated alkanes) is 1. The van der Waals surface area contributed by atoms with Gasteiger partial charge < -0.3 is 16.7 Å². The molecule has 1 atom stereocenters. The van der Waals surface area contributed by atoms with Crippen LogP contribution in [0.4, 0.5) is 0 Å². The Morgan fingerprint density at radius 3 is 2.50 bits per heavy atom. The molecule has 0 spiro atoms. The second kappa shape index (κ2) is 5.97. The largest absolute Gasteiger partial charge is 0.411 e. The van der Waals surface area contributed by atoms with E-state index in [1.807, 2.05) is 6.92 Å². The van der Waals surface area contributed by atoms with Gasteiger partial charge in [-0.15, -0.1) is 5.16 Å². The van der Waals surface area contributed by atoms with Gasteiger partial charge in [-0.25, -0.2) is 0 Å². The van der Waals surface area contributed by atoms with Gasteiger partial charge in [-0.2, -0.15) is 0 Å². The molecule has 5 N–H and O–H groups in total. The van der Waals surface area contributed by atoms with E-state index in [9.17, 15) is 0 Å². The van der Waals surface area contributed by atoms with Crippen molar-refractivity contribution < 1.29 is 5.21 Å². The highest BCUT2D eigenvalue weighted by Crippen LogP contribution is 2.19. The third kappa shape index (κ3) is 4.31. The van der Waals surface area contributed by atoms with Crippen LogP contribution >= 0.6 is 0 Å².